The lowest BCUT2D eigenvalue weighted by Gasteiger charge is -2.32. The number of piperazine rings is 1. The summed E-state index contributed by atoms with van der Waals surface area (Å²) in [6.07, 6.45) is 2.71. The molecule has 3 heterocycles. The number of hydrogen-bond donors (Lipinski definition) is 1. The molecule has 9 heteroatoms. The van der Waals surface area contributed by atoms with Crippen LogP contribution in [0.2, 0.25) is 0 Å². The van der Waals surface area contributed by atoms with Crippen LogP contribution in [-0.2, 0) is 6.54 Å². The molecule has 0 saturated carbocycles. The van der Waals surface area contributed by atoms with Gasteiger partial charge in [-0.25, -0.2) is 9.78 Å². The van der Waals surface area contributed by atoms with Crippen LogP contribution in [0.4, 0.5) is 5.95 Å². The van der Waals surface area contributed by atoms with Crippen molar-refractivity contribution in [1.29, 1.82) is 0 Å². The number of aryl methyl sites for hydroxylation is 1. The van der Waals surface area contributed by atoms with Gasteiger partial charge < -0.3 is 19.5 Å². The number of halogens is 1. The van der Waals surface area contributed by atoms with E-state index >= 15 is 0 Å². The summed E-state index contributed by atoms with van der Waals surface area (Å²) >= 11 is 5.81. The molecule has 0 amide bonds. The maximum absolute atomic E-state index is 12.3. The van der Waals surface area contributed by atoms with E-state index in [9.17, 15) is 14.7 Å². The number of hydrogen-bond acceptors (Lipinski definition) is 6. The number of aromatic carboxylic acids is 1. The van der Waals surface area contributed by atoms with E-state index in [0.29, 0.717) is 18.1 Å². The number of carboxylic acid groups (broad SMARTS) is 1. The van der Waals surface area contributed by atoms with Crippen LogP contribution in [0.25, 0.3) is 11.0 Å². The molecule has 0 radical (unpaired) electrons. The molecule has 0 spiro atoms. The van der Waals surface area contributed by atoms with E-state index in [1.807, 2.05) is 0 Å². The van der Waals surface area contributed by atoms with Crippen molar-refractivity contribution in [3.8, 4) is 0 Å². The fourth-order valence-corrected chi connectivity index (χ4v) is 2.92. The minimum Gasteiger partial charge on any atom is -0.477 e. The molecule has 0 aromatic carbocycles. The standard InChI is InChI=1S/C15H18ClN5O3/c1-19-4-6-20(7-5-19)15-17-8-10-12(22)11(14(23)24)9-21(3-2-16)13(10)18-15/h8-9H,2-7H2,1H3,(H,23,24). The lowest BCUT2D eigenvalue weighted by atomic mass is 10.2. The molecule has 1 fully saturated rings. The first-order chi connectivity index (χ1) is 11.5. The summed E-state index contributed by atoms with van der Waals surface area (Å²) in [6, 6.07) is 0. The van der Waals surface area contributed by atoms with Crippen LogP contribution in [-0.4, -0.2) is 69.6 Å². The number of likely N-dealkylation sites (N-methyl/N-ethyl adjacent to an activating group) is 1. The van der Waals surface area contributed by atoms with Crippen LogP contribution in [0, 0.1) is 0 Å². The van der Waals surface area contributed by atoms with Crippen LogP contribution in [0.15, 0.2) is 17.2 Å². The molecule has 1 N–H and O–H groups in total. The molecule has 0 atom stereocenters. The van der Waals surface area contributed by atoms with Crippen molar-refractivity contribution in [1.82, 2.24) is 19.4 Å². The van der Waals surface area contributed by atoms with Crippen molar-refractivity contribution in [2.24, 2.45) is 0 Å². The molecule has 2 aromatic rings. The monoisotopic (exact) mass is 351 g/mol. The minimum atomic E-state index is -1.27. The first-order valence-corrected chi connectivity index (χ1v) is 8.17. The molecule has 8 nitrogen and oxygen atoms in total. The van der Waals surface area contributed by atoms with E-state index in [1.165, 1.54) is 12.4 Å². The van der Waals surface area contributed by atoms with Crippen LogP contribution in [0.3, 0.4) is 0 Å². The van der Waals surface area contributed by atoms with Gasteiger partial charge in [-0.3, -0.25) is 4.79 Å². The van der Waals surface area contributed by atoms with Crippen molar-refractivity contribution >= 4 is 34.6 Å². The first-order valence-electron chi connectivity index (χ1n) is 7.64. The van der Waals surface area contributed by atoms with E-state index in [4.69, 9.17) is 11.6 Å². The molecule has 1 aliphatic rings. The van der Waals surface area contributed by atoms with Crippen molar-refractivity contribution in [2.45, 2.75) is 6.54 Å². The highest BCUT2D eigenvalue weighted by molar-refractivity contribution is 6.17. The summed E-state index contributed by atoms with van der Waals surface area (Å²) in [5.41, 5.74) is -0.466. The van der Waals surface area contributed by atoms with Gasteiger partial charge in [0.15, 0.2) is 0 Å². The maximum Gasteiger partial charge on any atom is 0.341 e. The number of aromatic nitrogens is 3. The zero-order valence-corrected chi connectivity index (χ0v) is 14.0. The van der Waals surface area contributed by atoms with Gasteiger partial charge >= 0.3 is 5.97 Å². The molecule has 24 heavy (non-hydrogen) atoms. The van der Waals surface area contributed by atoms with Gasteiger partial charge in [0.1, 0.15) is 11.2 Å². The highest BCUT2D eigenvalue weighted by Crippen LogP contribution is 2.16. The molecule has 3 rings (SSSR count). The average Bonchev–Trinajstić information content (AvgIpc) is 2.57. The molecule has 0 bridgehead atoms. The van der Waals surface area contributed by atoms with Crippen molar-refractivity contribution in [3.05, 3.63) is 28.2 Å². The number of carbonyl (C=O) groups is 1. The maximum atomic E-state index is 12.3. The lowest BCUT2D eigenvalue weighted by Crippen LogP contribution is -2.45. The summed E-state index contributed by atoms with van der Waals surface area (Å²) in [5, 5.41) is 9.39. The summed E-state index contributed by atoms with van der Waals surface area (Å²) in [6.45, 7) is 3.78. The molecule has 128 valence electrons. The van der Waals surface area contributed by atoms with Gasteiger partial charge in [0, 0.05) is 51.0 Å². The largest absolute Gasteiger partial charge is 0.477 e. The number of nitrogens with zero attached hydrogens (tertiary/aromatic N) is 5. The Morgan fingerprint density at radius 2 is 2.04 bits per heavy atom. The molecular formula is C15H18ClN5O3. The third-order valence-electron chi connectivity index (χ3n) is 4.14. The number of anilines is 1. The van der Waals surface area contributed by atoms with E-state index in [-0.39, 0.29) is 16.8 Å². The molecule has 0 aliphatic carbocycles. The minimum absolute atomic E-state index is 0.192. The van der Waals surface area contributed by atoms with Crippen LogP contribution in [0.1, 0.15) is 10.4 Å². The van der Waals surface area contributed by atoms with Gasteiger partial charge in [-0.2, -0.15) is 4.98 Å². The third kappa shape index (κ3) is 3.07. The van der Waals surface area contributed by atoms with Gasteiger partial charge in [-0.15, -0.1) is 11.6 Å². The van der Waals surface area contributed by atoms with E-state index in [1.54, 1.807) is 4.57 Å². The van der Waals surface area contributed by atoms with Crippen molar-refractivity contribution < 1.29 is 9.90 Å². The fourth-order valence-electron chi connectivity index (χ4n) is 2.74. The van der Waals surface area contributed by atoms with Gasteiger partial charge in [0.2, 0.25) is 11.4 Å². The second kappa shape index (κ2) is 6.74. The predicted molar refractivity (Wildman–Crippen MR) is 91.2 cm³/mol. The van der Waals surface area contributed by atoms with Gasteiger partial charge in [0.05, 0.1) is 5.39 Å². The quantitative estimate of drug-likeness (QED) is 0.801. The van der Waals surface area contributed by atoms with Crippen molar-refractivity contribution in [2.75, 3.05) is 44.0 Å². The first kappa shape index (κ1) is 16.7. The average molecular weight is 352 g/mol. The Kier molecular flexibility index (Phi) is 4.68. The fraction of sp³-hybridized carbons (Fsp3) is 0.467. The summed E-state index contributed by atoms with van der Waals surface area (Å²) in [7, 11) is 2.06. The van der Waals surface area contributed by atoms with Crippen molar-refractivity contribution in [3.63, 3.8) is 0 Å². The second-order valence-electron chi connectivity index (χ2n) is 5.76. The third-order valence-corrected chi connectivity index (χ3v) is 4.31. The zero-order chi connectivity index (χ0) is 17.3. The summed E-state index contributed by atoms with van der Waals surface area (Å²) in [4.78, 5) is 36.7. The van der Waals surface area contributed by atoms with Crippen LogP contribution >= 0.6 is 11.6 Å². The predicted octanol–water partition coefficient (Wildman–Crippen LogP) is 0.480. The Balaban J connectivity index is 2.11. The second-order valence-corrected chi connectivity index (χ2v) is 6.14. The number of pyridine rings is 1. The van der Waals surface area contributed by atoms with Gasteiger partial charge in [0.25, 0.3) is 0 Å². The summed E-state index contributed by atoms with van der Waals surface area (Å²) in [5.74, 6) is -0.444. The summed E-state index contributed by atoms with van der Waals surface area (Å²) < 4.78 is 1.61. The number of carboxylic acids is 1. The number of alkyl halides is 1. The van der Waals surface area contributed by atoms with Gasteiger partial charge in [-0.1, -0.05) is 0 Å². The Hall–Kier alpha value is -2.19. The highest BCUT2D eigenvalue weighted by atomic mass is 35.5. The van der Waals surface area contributed by atoms with E-state index in [2.05, 4.69) is 26.8 Å². The van der Waals surface area contributed by atoms with Crippen LogP contribution in [0.5, 0.6) is 0 Å². The van der Waals surface area contributed by atoms with E-state index in [0.717, 1.165) is 26.2 Å². The Labute approximate surface area is 143 Å². The molecule has 1 aliphatic heterocycles. The topological polar surface area (TPSA) is 91.6 Å². The van der Waals surface area contributed by atoms with Crippen LogP contribution < -0.4 is 10.3 Å². The Morgan fingerprint density at radius 1 is 1.33 bits per heavy atom. The smallest absolute Gasteiger partial charge is 0.341 e. The number of fused-ring (bicyclic) bond motifs is 1. The van der Waals surface area contributed by atoms with E-state index < -0.39 is 11.4 Å². The highest BCUT2D eigenvalue weighted by Gasteiger charge is 2.20. The molecule has 1 saturated heterocycles. The zero-order valence-electron chi connectivity index (χ0n) is 13.3. The normalized spacial score (nSPS) is 15.8. The SMILES string of the molecule is CN1CCN(c2ncc3c(=O)c(C(=O)O)cn(CCCl)c3n2)CC1. The molecular weight excluding hydrogens is 334 g/mol. The number of rotatable bonds is 4. The molecule has 2 aromatic heterocycles. The molecule has 0 unspecified atom stereocenters. The lowest BCUT2D eigenvalue weighted by molar-refractivity contribution is 0.0695. The Bertz CT molecular complexity index is 830. The van der Waals surface area contributed by atoms with Gasteiger partial charge in [-0.05, 0) is 7.05 Å². The Morgan fingerprint density at radius 3 is 2.67 bits per heavy atom.